The highest BCUT2D eigenvalue weighted by atomic mass is 16.5. The van der Waals surface area contributed by atoms with Crippen molar-refractivity contribution in [1.82, 2.24) is 0 Å². The molecular formula is C12H27NO3. The zero-order valence-electron chi connectivity index (χ0n) is 10.9. The molecule has 0 bridgehead atoms. The van der Waals surface area contributed by atoms with Gasteiger partial charge in [0.2, 0.25) is 0 Å². The van der Waals surface area contributed by atoms with Crippen LogP contribution in [0.2, 0.25) is 0 Å². The van der Waals surface area contributed by atoms with Gasteiger partial charge in [0.25, 0.3) is 0 Å². The molecule has 0 aromatic carbocycles. The normalized spacial score (nSPS) is 19.5. The molecule has 0 aromatic heterocycles. The van der Waals surface area contributed by atoms with E-state index in [0.29, 0.717) is 25.2 Å². The van der Waals surface area contributed by atoms with E-state index in [1.807, 2.05) is 20.8 Å². The van der Waals surface area contributed by atoms with E-state index >= 15 is 0 Å². The molecule has 0 aliphatic heterocycles. The molecule has 98 valence electrons. The third-order valence-electron chi connectivity index (χ3n) is 2.46. The Balaban J connectivity index is 3.88. The van der Waals surface area contributed by atoms with Crippen molar-refractivity contribution in [3.05, 3.63) is 0 Å². The van der Waals surface area contributed by atoms with Crippen LogP contribution in [0.5, 0.6) is 0 Å². The molecule has 0 aliphatic rings. The van der Waals surface area contributed by atoms with Gasteiger partial charge in [0.05, 0.1) is 18.8 Å². The Bertz CT molecular complexity index is 183. The fourth-order valence-electron chi connectivity index (χ4n) is 1.57. The van der Waals surface area contributed by atoms with Crippen LogP contribution in [0.25, 0.3) is 0 Å². The summed E-state index contributed by atoms with van der Waals surface area (Å²) in [5.41, 5.74) is 5.01. The Kier molecular flexibility index (Phi) is 7.15. The SMILES string of the molecule is CCC(O)CC(C)(N)OCC(O)CC(C)C. The Morgan fingerprint density at radius 2 is 1.81 bits per heavy atom. The van der Waals surface area contributed by atoms with E-state index in [9.17, 15) is 10.2 Å². The van der Waals surface area contributed by atoms with Crippen molar-refractivity contribution >= 4 is 0 Å². The van der Waals surface area contributed by atoms with E-state index in [0.717, 1.165) is 0 Å². The summed E-state index contributed by atoms with van der Waals surface area (Å²) in [6.07, 6.45) is 0.813. The fraction of sp³-hybridized carbons (Fsp3) is 1.00. The molecule has 4 heteroatoms. The molecule has 0 aromatic rings. The van der Waals surface area contributed by atoms with Crippen LogP contribution in [0.15, 0.2) is 0 Å². The summed E-state index contributed by atoms with van der Waals surface area (Å²) in [5, 5.41) is 19.1. The molecular weight excluding hydrogens is 206 g/mol. The van der Waals surface area contributed by atoms with Crippen molar-refractivity contribution in [1.29, 1.82) is 0 Å². The Morgan fingerprint density at radius 3 is 2.25 bits per heavy atom. The first-order chi connectivity index (χ1) is 7.26. The van der Waals surface area contributed by atoms with Gasteiger partial charge < -0.3 is 20.7 Å². The summed E-state index contributed by atoms with van der Waals surface area (Å²) in [4.78, 5) is 0. The smallest absolute Gasteiger partial charge is 0.116 e. The molecule has 0 amide bonds. The molecule has 0 radical (unpaired) electrons. The summed E-state index contributed by atoms with van der Waals surface area (Å²) in [6.45, 7) is 7.95. The van der Waals surface area contributed by atoms with E-state index in [2.05, 4.69) is 0 Å². The lowest BCUT2D eigenvalue weighted by Gasteiger charge is -2.28. The molecule has 0 rings (SSSR count). The van der Waals surface area contributed by atoms with E-state index in [-0.39, 0.29) is 6.61 Å². The van der Waals surface area contributed by atoms with Gasteiger partial charge in [-0.3, -0.25) is 0 Å². The lowest BCUT2D eigenvalue weighted by atomic mass is 10.1. The lowest BCUT2D eigenvalue weighted by molar-refractivity contribution is -0.0903. The molecule has 3 atom stereocenters. The van der Waals surface area contributed by atoms with Gasteiger partial charge in [0, 0.05) is 6.42 Å². The van der Waals surface area contributed by atoms with Crippen molar-refractivity contribution in [2.75, 3.05) is 6.61 Å². The molecule has 0 spiro atoms. The lowest BCUT2D eigenvalue weighted by Crippen LogP contribution is -2.44. The number of ether oxygens (including phenoxy) is 1. The molecule has 4 nitrogen and oxygen atoms in total. The summed E-state index contributed by atoms with van der Waals surface area (Å²) in [6, 6.07) is 0. The van der Waals surface area contributed by atoms with Crippen LogP contribution in [-0.4, -0.2) is 34.8 Å². The monoisotopic (exact) mass is 233 g/mol. The van der Waals surface area contributed by atoms with Crippen LogP contribution >= 0.6 is 0 Å². The topological polar surface area (TPSA) is 75.7 Å². The second-order valence-corrected chi connectivity index (χ2v) is 5.17. The molecule has 4 N–H and O–H groups in total. The first kappa shape index (κ1) is 15.8. The van der Waals surface area contributed by atoms with Gasteiger partial charge in [-0.1, -0.05) is 20.8 Å². The number of rotatable bonds is 8. The van der Waals surface area contributed by atoms with Gasteiger partial charge in [0.15, 0.2) is 0 Å². The van der Waals surface area contributed by atoms with Crippen LogP contribution in [-0.2, 0) is 4.74 Å². The minimum atomic E-state index is -0.868. The molecule has 0 fully saturated rings. The molecule has 16 heavy (non-hydrogen) atoms. The zero-order chi connectivity index (χ0) is 12.8. The quantitative estimate of drug-likeness (QED) is 0.551. The second kappa shape index (κ2) is 7.22. The average Bonchev–Trinajstić information content (AvgIpc) is 2.13. The number of aliphatic hydroxyl groups excluding tert-OH is 2. The zero-order valence-corrected chi connectivity index (χ0v) is 10.9. The largest absolute Gasteiger partial charge is 0.393 e. The van der Waals surface area contributed by atoms with Crippen molar-refractivity contribution < 1.29 is 14.9 Å². The third kappa shape index (κ3) is 8.05. The van der Waals surface area contributed by atoms with Crippen molar-refractivity contribution in [2.45, 2.75) is 64.9 Å². The summed E-state index contributed by atoms with van der Waals surface area (Å²) in [5.74, 6) is 0.434. The van der Waals surface area contributed by atoms with Gasteiger partial charge >= 0.3 is 0 Å². The number of hydrogen-bond acceptors (Lipinski definition) is 4. The Hall–Kier alpha value is -0.160. The van der Waals surface area contributed by atoms with Crippen molar-refractivity contribution in [3.63, 3.8) is 0 Å². The predicted octanol–water partition coefficient (Wildman–Crippen LogP) is 1.25. The van der Waals surface area contributed by atoms with E-state index in [1.54, 1.807) is 6.92 Å². The van der Waals surface area contributed by atoms with E-state index in [1.165, 1.54) is 0 Å². The maximum Gasteiger partial charge on any atom is 0.116 e. The first-order valence-electron chi connectivity index (χ1n) is 6.05. The maximum atomic E-state index is 9.63. The summed E-state index contributed by atoms with van der Waals surface area (Å²) in [7, 11) is 0. The van der Waals surface area contributed by atoms with Crippen LogP contribution < -0.4 is 5.73 Å². The highest BCUT2D eigenvalue weighted by molar-refractivity contribution is 4.72. The number of hydrogen-bond donors (Lipinski definition) is 3. The molecule has 0 heterocycles. The number of nitrogens with two attached hydrogens (primary N) is 1. The van der Waals surface area contributed by atoms with E-state index in [4.69, 9.17) is 10.5 Å². The van der Waals surface area contributed by atoms with Gasteiger partial charge in [-0.25, -0.2) is 0 Å². The van der Waals surface area contributed by atoms with Crippen molar-refractivity contribution in [3.8, 4) is 0 Å². The number of aliphatic hydroxyl groups is 2. The summed E-state index contributed by atoms with van der Waals surface area (Å²) >= 11 is 0. The summed E-state index contributed by atoms with van der Waals surface area (Å²) < 4.78 is 5.43. The van der Waals surface area contributed by atoms with Crippen LogP contribution in [0.4, 0.5) is 0 Å². The van der Waals surface area contributed by atoms with Crippen LogP contribution in [0.3, 0.4) is 0 Å². The molecule has 0 saturated heterocycles. The molecule has 0 saturated carbocycles. The minimum Gasteiger partial charge on any atom is -0.393 e. The molecule has 0 aliphatic carbocycles. The van der Waals surface area contributed by atoms with Crippen LogP contribution in [0.1, 0.15) is 47.0 Å². The minimum absolute atomic E-state index is 0.224. The standard InChI is InChI=1S/C12H27NO3/c1-5-10(14)7-12(4,13)16-8-11(15)6-9(2)3/h9-11,14-15H,5-8,13H2,1-4H3. The second-order valence-electron chi connectivity index (χ2n) is 5.17. The average molecular weight is 233 g/mol. The Morgan fingerprint density at radius 1 is 1.25 bits per heavy atom. The fourth-order valence-corrected chi connectivity index (χ4v) is 1.57. The maximum absolute atomic E-state index is 9.63. The van der Waals surface area contributed by atoms with Crippen LogP contribution in [0, 0.1) is 5.92 Å². The van der Waals surface area contributed by atoms with Gasteiger partial charge in [-0.05, 0) is 25.7 Å². The van der Waals surface area contributed by atoms with Gasteiger partial charge in [-0.15, -0.1) is 0 Å². The van der Waals surface area contributed by atoms with Crippen molar-refractivity contribution in [2.24, 2.45) is 11.7 Å². The Labute approximate surface area is 98.8 Å². The highest BCUT2D eigenvalue weighted by Crippen LogP contribution is 2.14. The molecule has 3 unspecified atom stereocenters. The highest BCUT2D eigenvalue weighted by Gasteiger charge is 2.24. The third-order valence-corrected chi connectivity index (χ3v) is 2.46. The predicted molar refractivity (Wildman–Crippen MR) is 64.9 cm³/mol. The van der Waals surface area contributed by atoms with Gasteiger partial charge in [-0.2, -0.15) is 0 Å². The first-order valence-corrected chi connectivity index (χ1v) is 6.05. The van der Waals surface area contributed by atoms with E-state index < -0.39 is 17.9 Å². The van der Waals surface area contributed by atoms with Gasteiger partial charge in [0.1, 0.15) is 5.72 Å².